The number of carbonyl (C=O) groups excluding carboxylic acids is 1. The van der Waals surface area contributed by atoms with Crippen LogP contribution in [0.15, 0.2) is 0 Å². The van der Waals surface area contributed by atoms with E-state index in [4.69, 9.17) is 10.5 Å². The minimum Gasteiger partial charge on any atom is -0.385 e. The molecule has 4 nitrogen and oxygen atoms in total. The molecule has 0 aromatic rings. The normalized spacial score (nSPS) is 29.4. The Morgan fingerprint density at radius 3 is 2.81 bits per heavy atom. The van der Waals surface area contributed by atoms with E-state index in [2.05, 4.69) is 0 Å². The number of ether oxygens (including phenoxy) is 1. The maximum Gasteiger partial charge on any atom is 0.229 e. The first-order valence-corrected chi connectivity index (χ1v) is 6.02. The average Bonchev–Trinajstić information content (AvgIpc) is 2.59. The summed E-state index contributed by atoms with van der Waals surface area (Å²) in [5.74, 6) is 0.189. The molecule has 94 valence electrons. The van der Waals surface area contributed by atoms with Crippen molar-refractivity contribution < 1.29 is 9.53 Å². The fraction of sp³-hybridized carbons (Fsp3) is 0.917. The summed E-state index contributed by atoms with van der Waals surface area (Å²) in [5.41, 5.74) is 5.69. The number of amides is 1. The maximum atomic E-state index is 12.3. The van der Waals surface area contributed by atoms with Crippen LogP contribution in [-0.4, -0.2) is 44.2 Å². The van der Waals surface area contributed by atoms with Crippen LogP contribution in [0.1, 0.15) is 32.6 Å². The van der Waals surface area contributed by atoms with Crippen LogP contribution in [0.5, 0.6) is 0 Å². The second-order valence-electron chi connectivity index (χ2n) is 4.99. The molecule has 1 aliphatic carbocycles. The summed E-state index contributed by atoms with van der Waals surface area (Å²) in [5, 5.41) is 0. The molecule has 1 fully saturated rings. The fourth-order valence-electron chi connectivity index (χ4n) is 2.44. The Balaban J connectivity index is 2.49. The molecule has 1 saturated carbocycles. The van der Waals surface area contributed by atoms with Crippen molar-refractivity contribution in [1.29, 1.82) is 0 Å². The van der Waals surface area contributed by atoms with E-state index in [1.165, 1.54) is 0 Å². The lowest BCUT2D eigenvalue weighted by Crippen LogP contribution is -2.48. The second kappa shape index (κ2) is 5.64. The smallest absolute Gasteiger partial charge is 0.229 e. The Kier molecular flexibility index (Phi) is 4.74. The van der Waals surface area contributed by atoms with Gasteiger partial charge in [-0.05, 0) is 26.2 Å². The molecule has 1 rings (SSSR count). The van der Waals surface area contributed by atoms with E-state index in [1.807, 2.05) is 14.0 Å². The number of methoxy groups -OCH3 is 1. The molecule has 0 aromatic carbocycles. The highest BCUT2D eigenvalue weighted by Gasteiger charge is 2.44. The van der Waals surface area contributed by atoms with Crippen LogP contribution < -0.4 is 5.73 Å². The minimum atomic E-state index is -0.345. The van der Waals surface area contributed by atoms with Gasteiger partial charge in [-0.25, -0.2) is 0 Å². The predicted octanol–water partition coefficient (Wildman–Crippen LogP) is 0.999. The summed E-state index contributed by atoms with van der Waals surface area (Å²) in [6.07, 6.45) is 3.83. The second-order valence-corrected chi connectivity index (χ2v) is 4.99. The van der Waals surface area contributed by atoms with E-state index in [9.17, 15) is 4.79 Å². The van der Waals surface area contributed by atoms with Gasteiger partial charge in [0, 0.05) is 33.4 Å². The highest BCUT2D eigenvalue weighted by atomic mass is 16.5. The molecule has 0 bridgehead atoms. The molecule has 16 heavy (non-hydrogen) atoms. The van der Waals surface area contributed by atoms with E-state index in [1.54, 1.807) is 12.0 Å². The van der Waals surface area contributed by atoms with Crippen LogP contribution in [0.25, 0.3) is 0 Å². The summed E-state index contributed by atoms with van der Waals surface area (Å²) in [6, 6.07) is 0.0184. The molecule has 0 aliphatic heterocycles. The molecule has 0 aromatic heterocycles. The molecule has 0 heterocycles. The van der Waals surface area contributed by atoms with Crippen molar-refractivity contribution in [3.63, 3.8) is 0 Å². The van der Waals surface area contributed by atoms with Crippen LogP contribution in [0.3, 0.4) is 0 Å². The summed E-state index contributed by atoms with van der Waals surface area (Å²) in [4.78, 5) is 14.1. The third-order valence-electron chi connectivity index (χ3n) is 3.71. The van der Waals surface area contributed by atoms with Crippen molar-refractivity contribution in [3.8, 4) is 0 Å². The van der Waals surface area contributed by atoms with E-state index in [0.29, 0.717) is 6.61 Å². The Hall–Kier alpha value is -0.610. The van der Waals surface area contributed by atoms with Crippen LogP contribution in [0.4, 0.5) is 0 Å². The highest BCUT2D eigenvalue weighted by Crippen LogP contribution is 2.38. The summed E-state index contributed by atoms with van der Waals surface area (Å²) in [6.45, 7) is 3.44. The van der Waals surface area contributed by atoms with Crippen LogP contribution in [-0.2, 0) is 9.53 Å². The molecule has 2 N–H and O–H groups in total. The van der Waals surface area contributed by atoms with Gasteiger partial charge < -0.3 is 15.4 Å². The van der Waals surface area contributed by atoms with Gasteiger partial charge in [0.25, 0.3) is 0 Å². The van der Waals surface area contributed by atoms with Gasteiger partial charge in [-0.3, -0.25) is 4.79 Å². The Labute approximate surface area is 98.1 Å². The Morgan fingerprint density at radius 1 is 1.62 bits per heavy atom. The lowest BCUT2D eigenvalue weighted by atomic mass is 9.83. The molecule has 1 aliphatic rings. The number of nitrogens with two attached hydrogens (primary N) is 1. The number of nitrogens with zero attached hydrogens (tertiary/aromatic N) is 1. The fourth-order valence-corrected chi connectivity index (χ4v) is 2.44. The topological polar surface area (TPSA) is 55.6 Å². The zero-order chi connectivity index (χ0) is 12.2. The quantitative estimate of drug-likeness (QED) is 0.714. The first kappa shape index (κ1) is 13.5. The van der Waals surface area contributed by atoms with Crippen molar-refractivity contribution >= 4 is 5.91 Å². The van der Waals surface area contributed by atoms with E-state index in [0.717, 1.165) is 32.2 Å². The lowest BCUT2D eigenvalue weighted by molar-refractivity contribution is -0.140. The number of hydrogen-bond acceptors (Lipinski definition) is 3. The van der Waals surface area contributed by atoms with Crippen molar-refractivity contribution in [1.82, 2.24) is 4.90 Å². The van der Waals surface area contributed by atoms with Gasteiger partial charge in [0.15, 0.2) is 0 Å². The van der Waals surface area contributed by atoms with Gasteiger partial charge in [0.2, 0.25) is 5.91 Å². The summed E-state index contributed by atoms with van der Waals surface area (Å²) >= 11 is 0. The predicted molar refractivity (Wildman–Crippen MR) is 64.1 cm³/mol. The third-order valence-corrected chi connectivity index (χ3v) is 3.71. The van der Waals surface area contributed by atoms with Crippen LogP contribution in [0.2, 0.25) is 0 Å². The largest absolute Gasteiger partial charge is 0.385 e. The van der Waals surface area contributed by atoms with E-state index >= 15 is 0 Å². The molecular formula is C12H24N2O2. The van der Waals surface area contributed by atoms with Crippen LogP contribution >= 0.6 is 0 Å². The van der Waals surface area contributed by atoms with Gasteiger partial charge in [0.1, 0.15) is 0 Å². The highest BCUT2D eigenvalue weighted by molar-refractivity contribution is 5.83. The number of rotatable bonds is 5. The molecule has 1 amide bonds. The van der Waals surface area contributed by atoms with E-state index in [-0.39, 0.29) is 17.4 Å². The summed E-state index contributed by atoms with van der Waals surface area (Å²) in [7, 11) is 3.53. The molecule has 4 heteroatoms. The monoisotopic (exact) mass is 228 g/mol. The van der Waals surface area contributed by atoms with Crippen molar-refractivity contribution in [3.05, 3.63) is 0 Å². The van der Waals surface area contributed by atoms with E-state index < -0.39 is 0 Å². The van der Waals surface area contributed by atoms with Gasteiger partial charge in [-0.2, -0.15) is 0 Å². The zero-order valence-electron chi connectivity index (χ0n) is 10.7. The van der Waals surface area contributed by atoms with Crippen molar-refractivity contribution in [2.45, 2.75) is 38.6 Å². The number of hydrogen-bond donors (Lipinski definition) is 1. The standard InChI is InChI=1S/C12H24N2O2/c1-12(7-4-6-10(12)13)11(15)14(2)8-5-9-16-3/h10H,4-9,13H2,1-3H3. The maximum absolute atomic E-state index is 12.3. The molecule has 0 saturated heterocycles. The Morgan fingerprint density at radius 2 is 2.31 bits per heavy atom. The molecule has 0 radical (unpaired) electrons. The molecule has 2 atom stereocenters. The SMILES string of the molecule is COCCCN(C)C(=O)C1(C)CCCC1N. The first-order valence-electron chi connectivity index (χ1n) is 6.02. The average molecular weight is 228 g/mol. The summed E-state index contributed by atoms with van der Waals surface area (Å²) < 4.78 is 4.98. The third kappa shape index (κ3) is 2.74. The van der Waals surface area contributed by atoms with Crippen molar-refractivity contribution in [2.24, 2.45) is 11.1 Å². The minimum absolute atomic E-state index is 0.0184. The van der Waals surface area contributed by atoms with Gasteiger partial charge in [-0.1, -0.05) is 6.42 Å². The molecular weight excluding hydrogens is 204 g/mol. The Bertz CT molecular complexity index is 245. The van der Waals surface area contributed by atoms with Gasteiger partial charge in [0.05, 0.1) is 5.41 Å². The zero-order valence-corrected chi connectivity index (χ0v) is 10.7. The lowest BCUT2D eigenvalue weighted by Gasteiger charge is -2.32. The number of carbonyl (C=O) groups is 1. The van der Waals surface area contributed by atoms with Crippen molar-refractivity contribution in [2.75, 3.05) is 27.3 Å². The van der Waals surface area contributed by atoms with Crippen LogP contribution in [0, 0.1) is 5.41 Å². The first-order chi connectivity index (χ1) is 7.52. The molecule has 2 unspecified atom stereocenters. The molecule has 0 spiro atoms. The van der Waals surface area contributed by atoms with Gasteiger partial charge in [-0.15, -0.1) is 0 Å². The van der Waals surface area contributed by atoms with Gasteiger partial charge >= 0.3 is 0 Å².